The molecule has 0 heterocycles. The second-order valence-corrected chi connectivity index (χ2v) is 9.27. The molecule has 0 saturated carbocycles. The number of fused-ring (bicyclic) bond motifs is 1. The number of ketones is 1. The third-order valence-electron chi connectivity index (χ3n) is 6.88. The van der Waals surface area contributed by atoms with Crippen molar-refractivity contribution < 1.29 is 20.1 Å². The summed E-state index contributed by atoms with van der Waals surface area (Å²) in [5.74, 6) is -0.860. The summed E-state index contributed by atoms with van der Waals surface area (Å²) in [5, 5.41) is 30.9. The summed E-state index contributed by atoms with van der Waals surface area (Å²) >= 11 is 0. The summed E-state index contributed by atoms with van der Waals surface area (Å²) in [6.07, 6.45) is 10.4. The van der Waals surface area contributed by atoms with Gasteiger partial charge in [0.2, 0.25) is 5.78 Å². The molecule has 0 amide bonds. The van der Waals surface area contributed by atoms with E-state index in [0.29, 0.717) is 24.8 Å². The summed E-state index contributed by atoms with van der Waals surface area (Å²) in [4.78, 5) is 13.1. The zero-order valence-electron chi connectivity index (χ0n) is 18.7. The number of carbonyl (C=O) groups excluding carboxylic acids is 1. The van der Waals surface area contributed by atoms with Gasteiger partial charge in [0.1, 0.15) is 0 Å². The Morgan fingerprint density at radius 3 is 2.45 bits per heavy atom. The number of aliphatic hydroxyl groups is 3. The molecule has 2 aliphatic carbocycles. The van der Waals surface area contributed by atoms with Gasteiger partial charge >= 0.3 is 0 Å². The first-order valence-electron chi connectivity index (χ1n) is 10.9. The van der Waals surface area contributed by atoms with Crippen molar-refractivity contribution in [1.82, 2.24) is 0 Å². The second-order valence-electron chi connectivity index (χ2n) is 9.27. The molecule has 3 N–H and O–H groups in total. The van der Waals surface area contributed by atoms with Gasteiger partial charge in [0.05, 0.1) is 6.10 Å². The molecule has 0 aromatic carbocycles. The molecular weight excluding hydrogens is 389 g/mol. The highest BCUT2D eigenvalue weighted by Crippen LogP contribution is 2.50. The van der Waals surface area contributed by atoms with Gasteiger partial charge in [-0.15, -0.1) is 0 Å². The fourth-order valence-electron chi connectivity index (χ4n) is 4.53. The monoisotopic (exact) mass is 427 g/mol. The van der Waals surface area contributed by atoms with Crippen molar-refractivity contribution in [1.29, 1.82) is 0 Å². The largest absolute Gasteiger partial charge is 0.504 e. The highest BCUT2D eigenvalue weighted by Gasteiger charge is 2.51. The summed E-state index contributed by atoms with van der Waals surface area (Å²) in [5.41, 5.74) is 3.36. The number of hydrogen-bond donors (Lipinski definition) is 3. The maximum Gasteiger partial charge on any atom is 0.203 e. The van der Waals surface area contributed by atoms with Crippen LogP contribution >= 0.6 is 0 Å². The van der Waals surface area contributed by atoms with Crippen LogP contribution in [0.15, 0.2) is 46.3 Å². The molecule has 4 heteroatoms. The smallest absolute Gasteiger partial charge is 0.203 e. The molecule has 0 saturated heterocycles. The molecule has 29 heavy (non-hydrogen) atoms. The van der Waals surface area contributed by atoms with E-state index >= 15 is 0 Å². The predicted octanol–water partition coefficient (Wildman–Crippen LogP) is 5.19. The molecule has 0 aromatic rings. The van der Waals surface area contributed by atoms with Gasteiger partial charge in [-0.05, 0) is 70.4 Å². The molecule has 0 radical (unpaired) electrons. The third-order valence-corrected chi connectivity index (χ3v) is 6.88. The Balaban J connectivity index is 2.46. The van der Waals surface area contributed by atoms with Crippen molar-refractivity contribution in [2.45, 2.75) is 79.2 Å². The van der Waals surface area contributed by atoms with Crippen LogP contribution in [0.4, 0.5) is 0 Å². The number of Topliss-reactive ketones (excluding diaryl/α,β-unsaturated/α-hetero) is 1. The summed E-state index contributed by atoms with van der Waals surface area (Å²) in [7, 11) is 0. The van der Waals surface area contributed by atoms with Gasteiger partial charge in [-0.25, -0.2) is 0 Å². The van der Waals surface area contributed by atoms with E-state index in [-0.39, 0.29) is 30.0 Å². The van der Waals surface area contributed by atoms with Crippen molar-refractivity contribution in [3.63, 3.8) is 0 Å². The quantitative estimate of drug-likeness (QED) is 0.419. The van der Waals surface area contributed by atoms with Gasteiger partial charge in [-0.3, -0.25) is 4.79 Å². The molecule has 162 valence electrons. The van der Waals surface area contributed by atoms with Crippen LogP contribution in [0, 0.1) is 17.3 Å². The Labute approximate surface area is 175 Å². The van der Waals surface area contributed by atoms with E-state index in [1.165, 1.54) is 11.1 Å². The summed E-state index contributed by atoms with van der Waals surface area (Å²) < 4.78 is 0. The van der Waals surface area contributed by atoms with E-state index in [1.54, 1.807) is 0 Å². The van der Waals surface area contributed by atoms with Crippen molar-refractivity contribution in [2.24, 2.45) is 17.3 Å². The fourth-order valence-corrected chi connectivity index (χ4v) is 4.53. The van der Waals surface area contributed by atoms with E-state index in [1.807, 2.05) is 26.8 Å². The Hall–Kier alpha value is -1.65. The van der Waals surface area contributed by atoms with Crippen molar-refractivity contribution in [2.75, 3.05) is 6.61 Å². The molecular formula is C25H38O4. The Bertz CT molecular complexity index is 740. The highest BCUT2D eigenvalue weighted by atomic mass is 16.4. The predicted molar refractivity (Wildman–Crippen MR) is 117 cm³/mol. The standard InChI is InChI=1S/C25H38O4/c1-16-7-6-8-17(2)13-14-25(5)20(11-10-18(3)21(27)12-9-16)22(19(4)15-26)23(28)24(25)29/h7,10,13,19-21,26-28H,6,8-9,11-12,14-15H2,1-5H3/b16-7+,17-13+,18-10?/t19-,20+,21-,25-/m0/s1/i1+1,2+1,3+1,4+1,5+1,6+1,7+1,8+1,9+1,10+1,11+1,12+1,13+1,14+1,15+1,16+1,17+1,18+1,19+1,20+1,21+1,22+1,23+1,24+1,25+1. The molecule has 2 aliphatic rings. The lowest BCUT2D eigenvalue weighted by Crippen LogP contribution is -2.32. The van der Waals surface area contributed by atoms with Crippen LogP contribution in [0.25, 0.3) is 0 Å². The second kappa shape index (κ2) is 9.90. The van der Waals surface area contributed by atoms with Crippen LogP contribution in [0.2, 0.25) is 0 Å². The fraction of sp³-hybridized carbons (Fsp3) is 0.640. The minimum absolute atomic E-state index is 0.107. The topological polar surface area (TPSA) is 77.8 Å². The Morgan fingerprint density at radius 2 is 1.79 bits per heavy atom. The molecule has 0 aliphatic heterocycles. The Morgan fingerprint density at radius 1 is 1.14 bits per heavy atom. The number of carbonyl (C=O) groups is 1. The minimum Gasteiger partial charge on any atom is -0.504 e. The molecule has 0 unspecified atom stereocenters. The van der Waals surface area contributed by atoms with Crippen LogP contribution < -0.4 is 0 Å². The van der Waals surface area contributed by atoms with Crippen molar-refractivity contribution in [3.05, 3.63) is 46.3 Å². The van der Waals surface area contributed by atoms with Crippen LogP contribution in [0.1, 0.15) is 73.1 Å². The Kier molecular flexibility index (Phi) is 8.07. The summed E-state index contributed by atoms with van der Waals surface area (Å²) in [6, 6.07) is 0. The first-order chi connectivity index (χ1) is 13.6. The maximum atomic E-state index is 13.1. The van der Waals surface area contributed by atoms with Crippen LogP contribution in [0.5, 0.6) is 0 Å². The summed E-state index contributed by atoms with van der Waals surface area (Å²) in [6.45, 7) is 9.81. The molecule has 0 spiro atoms. The number of allylic oxidation sites excluding steroid dienone is 6. The van der Waals surface area contributed by atoms with Gasteiger partial charge in [-0.1, -0.05) is 43.2 Å². The first kappa shape index (κ1) is 23.6. The van der Waals surface area contributed by atoms with Gasteiger partial charge in [0.15, 0.2) is 5.76 Å². The SMILES string of the molecule is [13CH3][13C]1=[13CH][13CH2][13C@@H]2[13C]([13C@@H]([13CH3])[13CH2]O)=[13C](O)[13C](=O)[13C@@]2([13CH3])[13CH2]/[13CH]=[13C](\[13CH3])[13CH2][13CH2]/[13CH]=[13C](\[13CH3])[13CH2][13CH2][13C@@H]1O. The molecule has 0 fully saturated rings. The first-order valence-corrected chi connectivity index (χ1v) is 10.9. The third kappa shape index (κ3) is 5.29. The van der Waals surface area contributed by atoms with Gasteiger partial charge in [0, 0.05) is 23.9 Å². The van der Waals surface area contributed by atoms with Gasteiger partial charge in [0.25, 0.3) is 0 Å². The van der Waals surface area contributed by atoms with Crippen molar-refractivity contribution >= 4 is 5.78 Å². The molecule has 2 rings (SSSR count). The number of hydrogen-bond acceptors (Lipinski definition) is 4. The molecule has 0 bridgehead atoms. The molecule has 0 aromatic heterocycles. The van der Waals surface area contributed by atoms with E-state index in [0.717, 1.165) is 24.8 Å². The highest BCUT2D eigenvalue weighted by molar-refractivity contribution is 6.02. The van der Waals surface area contributed by atoms with E-state index in [2.05, 4.69) is 26.0 Å². The normalized spacial score (nSPS) is 34.9. The maximum absolute atomic E-state index is 13.1. The lowest BCUT2D eigenvalue weighted by Gasteiger charge is -2.32. The lowest BCUT2D eigenvalue weighted by molar-refractivity contribution is -0.126. The van der Waals surface area contributed by atoms with Gasteiger partial charge < -0.3 is 15.3 Å². The van der Waals surface area contributed by atoms with Gasteiger partial charge in [-0.2, -0.15) is 0 Å². The lowest BCUT2D eigenvalue weighted by atomic mass is 10.7. The number of rotatable bonds is 2. The molecule has 4 nitrogen and oxygen atoms in total. The average Bonchev–Trinajstić information content (AvgIpc) is 2.88. The van der Waals surface area contributed by atoms with Crippen molar-refractivity contribution in [3.8, 4) is 0 Å². The van der Waals surface area contributed by atoms with Crippen LogP contribution in [-0.2, 0) is 4.79 Å². The van der Waals surface area contributed by atoms with E-state index in [9.17, 15) is 20.1 Å². The zero-order valence-corrected chi connectivity index (χ0v) is 18.7. The molecule has 4 atom stereocenters. The van der Waals surface area contributed by atoms with Crippen LogP contribution in [0.3, 0.4) is 0 Å². The average molecular weight is 427 g/mol. The zero-order chi connectivity index (χ0) is 21.8. The minimum atomic E-state index is -0.738. The van der Waals surface area contributed by atoms with E-state index < -0.39 is 11.5 Å². The van der Waals surface area contributed by atoms with Crippen LogP contribution in [-0.4, -0.2) is 33.8 Å². The van der Waals surface area contributed by atoms with E-state index in [4.69, 9.17) is 0 Å². The number of aliphatic hydroxyl groups excluding tert-OH is 3.